The van der Waals surface area contributed by atoms with Crippen LogP contribution in [0.5, 0.6) is 5.75 Å². The standard InChI is InChI=1S/C9H6F3NO4/c1-4(14)7-6(15)3-2-5(13(16)17)8(7)9(10,11)12/h2-3,15H,1H3. The van der Waals surface area contributed by atoms with Gasteiger partial charge in [-0.3, -0.25) is 14.9 Å². The van der Waals surface area contributed by atoms with Crippen molar-refractivity contribution in [3.63, 3.8) is 0 Å². The molecule has 0 bridgehead atoms. The van der Waals surface area contributed by atoms with Crippen molar-refractivity contribution >= 4 is 11.5 Å². The van der Waals surface area contributed by atoms with Crippen LogP contribution in [0.4, 0.5) is 18.9 Å². The molecule has 0 aliphatic carbocycles. The lowest BCUT2D eigenvalue weighted by atomic mass is 10.0. The van der Waals surface area contributed by atoms with E-state index in [9.17, 15) is 33.2 Å². The summed E-state index contributed by atoms with van der Waals surface area (Å²) >= 11 is 0. The molecule has 17 heavy (non-hydrogen) atoms. The normalized spacial score (nSPS) is 11.3. The maximum Gasteiger partial charge on any atom is 0.423 e. The first-order valence-corrected chi connectivity index (χ1v) is 4.24. The van der Waals surface area contributed by atoms with Gasteiger partial charge >= 0.3 is 6.18 Å². The Hall–Kier alpha value is -2.12. The Kier molecular flexibility index (Phi) is 3.08. The highest BCUT2D eigenvalue weighted by atomic mass is 19.4. The highest BCUT2D eigenvalue weighted by Crippen LogP contribution is 2.41. The monoisotopic (exact) mass is 249 g/mol. The number of nitrogens with zero attached hydrogens (tertiary/aromatic N) is 1. The van der Waals surface area contributed by atoms with E-state index in [-0.39, 0.29) is 0 Å². The Labute approximate surface area is 92.6 Å². The zero-order chi connectivity index (χ0) is 13.4. The predicted octanol–water partition coefficient (Wildman–Crippen LogP) is 2.52. The van der Waals surface area contributed by atoms with Crippen LogP contribution in [0.1, 0.15) is 22.8 Å². The average Bonchev–Trinajstić information content (AvgIpc) is 2.14. The second-order valence-corrected chi connectivity index (χ2v) is 3.16. The Balaban J connectivity index is 3.75. The summed E-state index contributed by atoms with van der Waals surface area (Å²) in [6.45, 7) is 0.786. The van der Waals surface area contributed by atoms with Crippen LogP contribution >= 0.6 is 0 Å². The molecule has 1 aromatic carbocycles. The number of phenols is 1. The summed E-state index contributed by atoms with van der Waals surface area (Å²) in [5, 5.41) is 19.7. The summed E-state index contributed by atoms with van der Waals surface area (Å²) in [6.07, 6.45) is -5.10. The van der Waals surface area contributed by atoms with Crippen molar-refractivity contribution in [3.05, 3.63) is 33.4 Å². The fraction of sp³-hybridized carbons (Fsp3) is 0.222. The summed E-state index contributed by atoms with van der Waals surface area (Å²) in [4.78, 5) is 20.2. The fourth-order valence-electron chi connectivity index (χ4n) is 1.38. The largest absolute Gasteiger partial charge is 0.507 e. The Morgan fingerprint density at radius 3 is 2.29 bits per heavy atom. The number of hydrogen-bond donors (Lipinski definition) is 1. The van der Waals surface area contributed by atoms with Gasteiger partial charge in [0, 0.05) is 6.07 Å². The maximum absolute atomic E-state index is 12.6. The molecule has 0 heterocycles. The number of carbonyl (C=O) groups excluding carboxylic acids is 1. The molecule has 1 N–H and O–H groups in total. The number of halogens is 3. The van der Waals surface area contributed by atoms with Gasteiger partial charge in [-0.05, 0) is 13.0 Å². The van der Waals surface area contributed by atoms with Gasteiger partial charge in [-0.15, -0.1) is 0 Å². The van der Waals surface area contributed by atoms with E-state index in [2.05, 4.69) is 0 Å². The van der Waals surface area contributed by atoms with E-state index in [1.807, 2.05) is 0 Å². The summed E-state index contributed by atoms with van der Waals surface area (Å²) in [6, 6.07) is 1.19. The summed E-state index contributed by atoms with van der Waals surface area (Å²) in [5.74, 6) is -2.03. The molecule has 0 atom stereocenters. The van der Waals surface area contributed by atoms with E-state index >= 15 is 0 Å². The molecule has 5 nitrogen and oxygen atoms in total. The van der Waals surface area contributed by atoms with Crippen LogP contribution in [0, 0.1) is 10.1 Å². The number of alkyl halides is 3. The minimum absolute atomic E-state index is 0.505. The smallest absolute Gasteiger partial charge is 0.423 e. The third-order valence-corrected chi connectivity index (χ3v) is 1.99. The maximum atomic E-state index is 12.6. The lowest BCUT2D eigenvalue weighted by Gasteiger charge is -2.12. The number of nitro benzene ring substituents is 1. The highest BCUT2D eigenvalue weighted by Gasteiger charge is 2.43. The van der Waals surface area contributed by atoms with Crippen LogP contribution in [0.15, 0.2) is 12.1 Å². The number of benzene rings is 1. The van der Waals surface area contributed by atoms with E-state index in [1.165, 1.54) is 0 Å². The van der Waals surface area contributed by atoms with E-state index < -0.39 is 39.4 Å². The van der Waals surface area contributed by atoms with Crippen molar-refractivity contribution in [2.75, 3.05) is 0 Å². The summed E-state index contributed by atoms with van der Waals surface area (Å²) in [7, 11) is 0. The van der Waals surface area contributed by atoms with Crippen LogP contribution in [-0.2, 0) is 6.18 Å². The lowest BCUT2D eigenvalue weighted by Crippen LogP contribution is -2.14. The number of carbonyl (C=O) groups is 1. The summed E-state index contributed by atoms with van der Waals surface area (Å²) in [5.41, 5.74) is -4.08. The molecule has 8 heteroatoms. The molecule has 1 aromatic rings. The molecule has 0 saturated carbocycles. The van der Waals surface area contributed by atoms with Gasteiger partial charge in [0.15, 0.2) is 5.78 Å². The zero-order valence-corrected chi connectivity index (χ0v) is 8.41. The molecular weight excluding hydrogens is 243 g/mol. The van der Waals surface area contributed by atoms with Gasteiger partial charge in [0.25, 0.3) is 5.69 Å². The first kappa shape index (κ1) is 12.9. The minimum atomic E-state index is -5.10. The van der Waals surface area contributed by atoms with E-state index in [0.29, 0.717) is 12.1 Å². The molecule has 0 aliphatic rings. The van der Waals surface area contributed by atoms with Crippen molar-refractivity contribution in [1.29, 1.82) is 0 Å². The molecule has 0 radical (unpaired) electrons. The molecule has 0 spiro atoms. The van der Waals surface area contributed by atoms with E-state index in [1.54, 1.807) is 0 Å². The molecule has 92 valence electrons. The minimum Gasteiger partial charge on any atom is -0.507 e. The van der Waals surface area contributed by atoms with Crippen molar-refractivity contribution in [3.8, 4) is 5.75 Å². The van der Waals surface area contributed by atoms with Gasteiger partial charge in [0.05, 0.1) is 10.5 Å². The number of ketones is 1. The molecule has 0 aromatic heterocycles. The Bertz CT molecular complexity index is 496. The third kappa shape index (κ3) is 2.35. The van der Waals surface area contributed by atoms with Crippen LogP contribution < -0.4 is 0 Å². The Morgan fingerprint density at radius 1 is 1.41 bits per heavy atom. The van der Waals surface area contributed by atoms with Gasteiger partial charge in [0.2, 0.25) is 0 Å². The van der Waals surface area contributed by atoms with Crippen LogP contribution in [0.2, 0.25) is 0 Å². The number of hydrogen-bond acceptors (Lipinski definition) is 4. The quantitative estimate of drug-likeness (QED) is 0.496. The number of phenolic OH excluding ortho intramolecular Hbond substituents is 1. The molecule has 0 aliphatic heterocycles. The first-order chi connectivity index (χ1) is 7.66. The molecule has 0 unspecified atom stereocenters. The predicted molar refractivity (Wildman–Crippen MR) is 49.8 cm³/mol. The highest BCUT2D eigenvalue weighted by molar-refractivity contribution is 5.99. The molecular formula is C9H6F3NO4. The van der Waals surface area contributed by atoms with Crippen LogP contribution in [0.25, 0.3) is 0 Å². The van der Waals surface area contributed by atoms with Crippen molar-refractivity contribution in [2.24, 2.45) is 0 Å². The summed E-state index contributed by atoms with van der Waals surface area (Å²) < 4.78 is 37.9. The van der Waals surface area contributed by atoms with Crippen molar-refractivity contribution in [2.45, 2.75) is 13.1 Å². The van der Waals surface area contributed by atoms with Crippen molar-refractivity contribution in [1.82, 2.24) is 0 Å². The fourth-order valence-corrected chi connectivity index (χ4v) is 1.38. The SMILES string of the molecule is CC(=O)c1c(O)ccc([N+](=O)[O-])c1C(F)(F)F. The number of aromatic hydroxyl groups is 1. The van der Waals surface area contributed by atoms with Gasteiger partial charge in [0.1, 0.15) is 11.3 Å². The lowest BCUT2D eigenvalue weighted by molar-refractivity contribution is -0.388. The van der Waals surface area contributed by atoms with Crippen molar-refractivity contribution < 1.29 is 28.0 Å². The first-order valence-electron chi connectivity index (χ1n) is 4.24. The third-order valence-electron chi connectivity index (χ3n) is 1.99. The molecule has 0 saturated heterocycles. The number of Topliss-reactive ketones (excluding diaryl/α,β-unsaturated/α-hetero) is 1. The molecule has 1 rings (SSSR count). The van der Waals surface area contributed by atoms with Crippen LogP contribution in [-0.4, -0.2) is 15.8 Å². The number of nitro groups is 1. The van der Waals surface area contributed by atoms with Gasteiger partial charge in [-0.1, -0.05) is 0 Å². The van der Waals surface area contributed by atoms with Gasteiger partial charge in [-0.2, -0.15) is 13.2 Å². The van der Waals surface area contributed by atoms with Gasteiger partial charge in [-0.25, -0.2) is 0 Å². The second-order valence-electron chi connectivity index (χ2n) is 3.16. The second kappa shape index (κ2) is 4.04. The van der Waals surface area contributed by atoms with Crippen LogP contribution in [0.3, 0.4) is 0 Å². The van der Waals surface area contributed by atoms with Gasteiger partial charge < -0.3 is 5.11 Å². The molecule has 0 amide bonds. The average molecular weight is 249 g/mol. The van der Waals surface area contributed by atoms with E-state index in [4.69, 9.17) is 0 Å². The zero-order valence-electron chi connectivity index (χ0n) is 8.41. The Morgan fingerprint density at radius 2 is 1.94 bits per heavy atom. The number of rotatable bonds is 2. The topological polar surface area (TPSA) is 80.4 Å². The van der Waals surface area contributed by atoms with E-state index in [0.717, 1.165) is 6.92 Å². The molecule has 0 fully saturated rings.